The van der Waals surface area contributed by atoms with E-state index < -0.39 is 11.6 Å². The molecule has 0 spiro atoms. The number of nitrogens with one attached hydrogen (secondary N) is 1. The third kappa shape index (κ3) is 2.31. The molecule has 0 saturated carbocycles. The van der Waals surface area contributed by atoms with Crippen molar-refractivity contribution in [2.45, 2.75) is 6.92 Å². The highest BCUT2D eigenvalue weighted by Crippen LogP contribution is 2.28. The van der Waals surface area contributed by atoms with E-state index in [0.29, 0.717) is 11.3 Å². The first-order valence-corrected chi connectivity index (χ1v) is 6.50. The summed E-state index contributed by atoms with van der Waals surface area (Å²) in [6.07, 6.45) is 0. The van der Waals surface area contributed by atoms with Gasteiger partial charge in [0.25, 0.3) is 0 Å². The molecule has 0 aliphatic carbocycles. The lowest BCUT2D eigenvalue weighted by molar-refractivity contribution is 0.585. The van der Waals surface area contributed by atoms with Gasteiger partial charge in [0, 0.05) is 18.5 Å². The summed E-state index contributed by atoms with van der Waals surface area (Å²) in [5.41, 5.74) is 1.92. The summed E-state index contributed by atoms with van der Waals surface area (Å²) in [5, 5.41) is 3.90. The number of nitrogens with zero attached hydrogens (tertiary/aromatic N) is 2. The Bertz CT molecular complexity index is 831. The molecule has 3 aromatic rings. The smallest absolute Gasteiger partial charge is 0.165 e. The Labute approximate surface area is 120 Å². The maximum Gasteiger partial charge on any atom is 0.165 e. The molecule has 0 amide bonds. The molecule has 0 saturated heterocycles. The number of hydrogen-bond donors (Lipinski definition) is 1. The Hall–Kier alpha value is -2.56. The largest absolute Gasteiger partial charge is 0.373 e. The molecule has 2 aromatic carbocycles. The molecule has 0 bridgehead atoms. The molecule has 0 unspecified atom stereocenters. The first-order valence-electron chi connectivity index (χ1n) is 6.50. The maximum atomic E-state index is 13.9. The Morgan fingerprint density at radius 2 is 1.86 bits per heavy atom. The molecular weight excluding hydrogens is 272 g/mol. The summed E-state index contributed by atoms with van der Waals surface area (Å²) in [6, 6.07) is 9.07. The number of rotatable bonds is 2. The lowest BCUT2D eigenvalue weighted by atomic mass is 10.1. The highest BCUT2D eigenvalue weighted by Gasteiger charge is 2.13. The van der Waals surface area contributed by atoms with Crippen LogP contribution in [0.15, 0.2) is 36.4 Å². The summed E-state index contributed by atoms with van der Waals surface area (Å²) >= 11 is 0. The van der Waals surface area contributed by atoms with Gasteiger partial charge < -0.3 is 5.32 Å². The fourth-order valence-electron chi connectivity index (χ4n) is 2.33. The first-order chi connectivity index (χ1) is 10.1. The molecule has 0 fully saturated rings. The standard InChI is InChI=1S/C16H13F2N3/c1-9-4-3-5-13-14(9)16(19-2)21-15(20-13)11-7-6-10(17)8-12(11)18/h3-8H,1-2H3,(H,19,20,21). The van der Waals surface area contributed by atoms with Crippen molar-refractivity contribution in [3.05, 3.63) is 53.6 Å². The van der Waals surface area contributed by atoms with Crippen molar-refractivity contribution in [3.63, 3.8) is 0 Å². The second-order valence-corrected chi connectivity index (χ2v) is 4.74. The predicted molar refractivity (Wildman–Crippen MR) is 79.2 cm³/mol. The van der Waals surface area contributed by atoms with Crippen LogP contribution in [0.1, 0.15) is 5.56 Å². The van der Waals surface area contributed by atoms with Crippen LogP contribution in [0.5, 0.6) is 0 Å². The van der Waals surface area contributed by atoms with E-state index in [-0.39, 0.29) is 11.4 Å². The topological polar surface area (TPSA) is 37.8 Å². The zero-order valence-corrected chi connectivity index (χ0v) is 11.6. The van der Waals surface area contributed by atoms with Crippen LogP contribution in [-0.4, -0.2) is 17.0 Å². The molecule has 0 aliphatic rings. The highest BCUT2D eigenvalue weighted by atomic mass is 19.1. The van der Waals surface area contributed by atoms with Crippen molar-refractivity contribution in [1.82, 2.24) is 9.97 Å². The minimum atomic E-state index is -0.677. The molecule has 1 N–H and O–H groups in total. The van der Waals surface area contributed by atoms with E-state index in [2.05, 4.69) is 15.3 Å². The molecule has 5 heteroatoms. The Kier molecular flexibility index (Phi) is 3.25. The first kappa shape index (κ1) is 13.4. The van der Waals surface area contributed by atoms with Crippen LogP contribution in [0.25, 0.3) is 22.3 Å². The summed E-state index contributed by atoms with van der Waals surface area (Å²) in [5.74, 6) is -0.447. The molecule has 3 rings (SSSR count). The van der Waals surface area contributed by atoms with Crippen LogP contribution in [0.4, 0.5) is 14.6 Å². The summed E-state index contributed by atoms with van der Waals surface area (Å²) in [7, 11) is 1.75. The van der Waals surface area contributed by atoms with Crippen molar-refractivity contribution < 1.29 is 8.78 Å². The lowest BCUT2D eigenvalue weighted by Gasteiger charge is -2.10. The average molecular weight is 285 g/mol. The van der Waals surface area contributed by atoms with Crippen LogP contribution >= 0.6 is 0 Å². The van der Waals surface area contributed by atoms with E-state index in [4.69, 9.17) is 0 Å². The minimum absolute atomic E-state index is 0.177. The maximum absolute atomic E-state index is 13.9. The van der Waals surface area contributed by atoms with Gasteiger partial charge in [0.05, 0.1) is 11.1 Å². The average Bonchev–Trinajstić information content (AvgIpc) is 2.46. The van der Waals surface area contributed by atoms with E-state index in [1.54, 1.807) is 7.05 Å². The molecule has 0 radical (unpaired) electrons. The Morgan fingerprint density at radius 3 is 2.57 bits per heavy atom. The van der Waals surface area contributed by atoms with E-state index >= 15 is 0 Å². The number of halogens is 2. The van der Waals surface area contributed by atoms with Gasteiger partial charge in [0.1, 0.15) is 17.5 Å². The number of anilines is 1. The fourth-order valence-corrected chi connectivity index (χ4v) is 2.33. The molecule has 106 valence electrons. The van der Waals surface area contributed by atoms with Gasteiger partial charge >= 0.3 is 0 Å². The van der Waals surface area contributed by atoms with Gasteiger partial charge in [0.15, 0.2) is 5.82 Å². The zero-order valence-electron chi connectivity index (χ0n) is 11.6. The number of benzene rings is 2. The Balaban J connectivity index is 2.29. The molecule has 0 aliphatic heterocycles. The normalized spacial score (nSPS) is 10.9. The van der Waals surface area contributed by atoms with Gasteiger partial charge in [-0.1, -0.05) is 12.1 Å². The minimum Gasteiger partial charge on any atom is -0.373 e. The second kappa shape index (κ2) is 5.09. The van der Waals surface area contributed by atoms with Gasteiger partial charge in [-0.25, -0.2) is 18.7 Å². The fraction of sp³-hybridized carbons (Fsp3) is 0.125. The molecule has 1 heterocycles. The van der Waals surface area contributed by atoms with Crippen LogP contribution in [-0.2, 0) is 0 Å². The monoisotopic (exact) mass is 285 g/mol. The summed E-state index contributed by atoms with van der Waals surface area (Å²) < 4.78 is 26.9. The van der Waals surface area contributed by atoms with Crippen LogP contribution in [0.3, 0.4) is 0 Å². The van der Waals surface area contributed by atoms with Gasteiger partial charge in [-0.15, -0.1) is 0 Å². The molecule has 1 aromatic heterocycles. The van der Waals surface area contributed by atoms with Gasteiger partial charge in [-0.05, 0) is 30.7 Å². The summed E-state index contributed by atoms with van der Waals surface area (Å²) in [6.45, 7) is 1.96. The van der Waals surface area contributed by atoms with Crippen LogP contribution in [0.2, 0.25) is 0 Å². The number of aromatic nitrogens is 2. The van der Waals surface area contributed by atoms with Crippen molar-refractivity contribution in [3.8, 4) is 11.4 Å². The molecule has 3 nitrogen and oxygen atoms in total. The van der Waals surface area contributed by atoms with Gasteiger partial charge in [-0.2, -0.15) is 0 Å². The van der Waals surface area contributed by atoms with Crippen molar-refractivity contribution in [1.29, 1.82) is 0 Å². The van der Waals surface area contributed by atoms with Crippen LogP contribution < -0.4 is 5.32 Å². The Morgan fingerprint density at radius 1 is 1.05 bits per heavy atom. The third-order valence-electron chi connectivity index (χ3n) is 3.34. The van der Waals surface area contributed by atoms with Crippen molar-refractivity contribution in [2.75, 3.05) is 12.4 Å². The lowest BCUT2D eigenvalue weighted by Crippen LogP contribution is -2.01. The second-order valence-electron chi connectivity index (χ2n) is 4.74. The number of aryl methyl sites for hydroxylation is 1. The highest BCUT2D eigenvalue weighted by molar-refractivity contribution is 5.93. The zero-order chi connectivity index (χ0) is 15.0. The van der Waals surface area contributed by atoms with E-state index in [9.17, 15) is 8.78 Å². The van der Waals surface area contributed by atoms with E-state index in [1.807, 2.05) is 25.1 Å². The van der Waals surface area contributed by atoms with Crippen molar-refractivity contribution >= 4 is 16.7 Å². The molecule has 21 heavy (non-hydrogen) atoms. The molecular formula is C16H13F2N3. The van der Waals surface area contributed by atoms with Crippen molar-refractivity contribution in [2.24, 2.45) is 0 Å². The van der Waals surface area contributed by atoms with Crippen LogP contribution in [0, 0.1) is 18.6 Å². The summed E-state index contributed by atoms with van der Waals surface area (Å²) in [4.78, 5) is 8.75. The van der Waals surface area contributed by atoms with Gasteiger partial charge in [-0.3, -0.25) is 0 Å². The number of hydrogen-bond acceptors (Lipinski definition) is 3. The predicted octanol–water partition coefficient (Wildman–Crippen LogP) is 3.93. The van der Waals surface area contributed by atoms with E-state index in [1.165, 1.54) is 12.1 Å². The number of fused-ring (bicyclic) bond motifs is 1. The quantitative estimate of drug-likeness (QED) is 0.775. The van der Waals surface area contributed by atoms with Gasteiger partial charge in [0.2, 0.25) is 0 Å². The SMILES string of the molecule is CNc1nc(-c2ccc(F)cc2F)nc2cccc(C)c12. The van der Waals surface area contributed by atoms with E-state index in [0.717, 1.165) is 17.0 Å². The molecule has 0 atom stereocenters. The third-order valence-corrected chi connectivity index (χ3v) is 3.34.